The van der Waals surface area contributed by atoms with Gasteiger partial charge in [-0.3, -0.25) is 9.78 Å². The first-order valence-corrected chi connectivity index (χ1v) is 8.42. The molecule has 0 radical (unpaired) electrons. The van der Waals surface area contributed by atoms with Crippen LogP contribution < -0.4 is 10.6 Å². The zero-order chi connectivity index (χ0) is 16.9. The SMILES string of the molecule is Cc1nc(CCN)cc(N2CCCC(C(=O)c3ccccn3)C2)n1. The van der Waals surface area contributed by atoms with E-state index in [1.165, 1.54) is 0 Å². The first kappa shape index (κ1) is 16.5. The summed E-state index contributed by atoms with van der Waals surface area (Å²) in [4.78, 5) is 28.0. The van der Waals surface area contributed by atoms with Crippen molar-refractivity contribution < 1.29 is 4.79 Å². The monoisotopic (exact) mass is 325 g/mol. The minimum atomic E-state index is -0.0399. The summed E-state index contributed by atoms with van der Waals surface area (Å²) in [6.45, 7) is 4.04. The maximum absolute atomic E-state index is 12.7. The Bertz CT molecular complexity index is 704. The van der Waals surface area contributed by atoms with Crippen molar-refractivity contribution in [2.24, 2.45) is 11.7 Å². The molecule has 6 nitrogen and oxygen atoms in total. The Morgan fingerprint density at radius 2 is 2.25 bits per heavy atom. The number of Topliss-reactive ketones (excluding diaryl/α,β-unsaturated/α-hetero) is 1. The Balaban J connectivity index is 1.77. The maximum Gasteiger partial charge on any atom is 0.185 e. The quantitative estimate of drug-likeness (QED) is 0.844. The number of carbonyl (C=O) groups excluding carboxylic acids is 1. The normalized spacial score (nSPS) is 17.8. The molecule has 0 bridgehead atoms. The van der Waals surface area contributed by atoms with Crippen molar-refractivity contribution in [2.75, 3.05) is 24.5 Å². The van der Waals surface area contributed by atoms with Gasteiger partial charge in [0, 0.05) is 43.4 Å². The molecule has 2 aromatic heterocycles. The highest BCUT2D eigenvalue weighted by atomic mass is 16.1. The summed E-state index contributed by atoms with van der Waals surface area (Å²) in [5.74, 6) is 1.72. The van der Waals surface area contributed by atoms with E-state index in [1.807, 2.05) is 25.1 Å². The average molecular weight is 325 g/mol. The molecule has 0 spiro atoms. The lowest BCUT2D eigenvalue weighted by molar-refractivity contribution is 0.0902. The predicted molar refractivity (Wildman–Crippen MR) is 93.0 cm³/mol. The highest BCUT2D eigenvalue weighted by molar-refractivity contribution is 5.96. The minimum absolute atomic E-state index is 0.0399. The van der Waals surface area contributed by atoms with E-state index in [0.717, 1.165) is 43.1 Å². The van der Waals surface area contributed by atoms with Crippen molar-refractivity contribution in [3.63, 3.8) is 0 Å². The summed E-state index contributed by atoms with van der Waals surface area (Å²) in [6, 6.07) is 7.46. The molecule has 1 unspecified atom stereocenters. The van der Waals surface area contributed by atoms with Crippen LogP contribution in [0.5, 0.6) is 0 Å². The van der Waals surface area contributed by atoms with Crippen molar-refractivity contribution in [1.82, 2.24) is 15.0 Å². The third-order valence-corrected chi connectivity index (χ3v) is 4.31. The van der Waals surface area contributed by atoms with E-state index in [-0.39, 0.29) is 11.7 Å². The standard InChI is InChI=1S/C18H23N5O/c1-13-21-15(7-8-19)11-17(22-13)23-10-4-5-14(12-23)18(24)16-6-2-3-9-20-16/h2-3,6,9,11,14H,4-5,7-8,10,12,19H2,1H3. The maximum atomic E-state index is 12.7. The fourth-order valence-corrected chi connectivity index (χ4v) is 3.17. The van der Waals surface area contributed by atoms with Crippen LogP contribution in [0.4, 0.5) is 5.82 Å². The lowest BCUT2D eigenvalue weighted by atomic mass is 9.92. The molecular weight excluding hydrogens is 302 g/mol. The van der Waals surface area contributed by atoms with Crippen LogP contribution in [-0.2, 0) is 6.42 Å². The predicted octanol–water partition coefficient (Wildman–Crippen LogP) is 1.78. The van der Waals surface area contributed by atoms with Crippen LogP contribution in [0.3, 0.4) is 0 Å². The molecule has 2 aromatic rings. The summed E-state index contributed by atoms with van der Waals surface area (Å²) in [6.07, 6.45) is 4.27. The van der Waals surface area contributed by atoms with Crippen molar-refractivity contribution in [3.8, 4) is 0 Å². The zero-order valence-corrected chi connectivity index (χ0v) is 14.0. The number of anilines is 1. The van der Waals surface area contributed by atoms with E-state index in [4.69, 9.17) is 5.73 Å². The molecular formula is C18H23N5O. The molecule has 0 aromatic carbocycles. The average Bonchev–Trinajstić information content (AvgIpc) is 2.62. The van der Waals surface area contributed by atoms with Crippen LogP contribution in [0.25, 0.3) is 0 Å². The zero-order valence-electron chi connectivity index (χ0n) is 14.0. The number of pyridine rings is 1. The largest absolute Gasteiger partial charge is 0.356 e. The summed E-state index contributed by atoms with van der Waals surface area (Å²) >= 11 is 0. The van der Waals surface area contributed by atoms with E-state index >= 15 is 0 Å². The summed E-state index contributed by atoms with van der Waals surface area (Å²) in [5, 5.41) is 0. The Labute approximate surface area is 142 Å². The molecule has 0 saturated carbocycles. The van der Waals surface area contributed by atoms with Crippen LogP contribution in [0, 0.1) is 12.8 Å². The van der Waals surface area contributed by atoms with Gasteiger partial charge in [-0.25, -0.2) is 9.97 Å². The summed E-state index contributed by atoms with van der Waals surface area (Å²) in [7, 11) is 0. The van der Waals surface area contributed by atoms with Gasteiger partial charge in [0.15, 0.2) is 5.78 Å². The first-order valence-electron chi connectivity index (χ1n) is 8.42. The van der Waals surface area contributed by atoms with Gasteiger partial charge >= 0.3 is 0 Å². The van der Waals surface area contributed by atoms with Crippen LogP contribution in [0.15, 0.2) is 30.5 Å². The second kappa shape index (κ2) is 7.49. The van der Waals surface area contributed by atoms with Gasteiger partial charge in [0.05, 0.1) is 0 Å². The Morgan fingerprint density at radius 1 is 1.38 bits per heavy atom. The fraction of sp³-hybridized carbons (Fsp3) is 0.444. The molecule has 0 aliphatic carbocycles. The third kappa shape index (κ3) is 3.76. The van der Waals surface area contributed by atoms with E-state index in [1.54, 1.807) is 12.3 Å². The fourth-order valence-electron chi connectivity index (χ4n) is 3.17. The number of aryl methyl sites for hydroxylation is 1. The van der Waals surface area contributed by atoms with Crippen LogP contribution in [0.2, 0.25) is 0 Å². The highest BCUT2D eigenvalue weighted by Gasteiger charge is 2.28. The molecule has 1 aliphatic rings. The molecule has 1 fully saturated rings. The lowest BCUT2D eigenvalue weighted by Crippen LogP contribution is -2.39. The molecule has 1 saturated heterocycles. The number of nitrogens with two attached hydrogens (primary N) is 1. The molecule has 2 N–H and O–H groups in total. The van der Waals surface area contributed by atoms with Crippen LogP contribution in [0.1, 0.15) is 34.8 Å². The first-order chi connectivity index (χ1) is 11.7. The highest BCUT2D eigenvalue weighted by Crippen LogP contribution is 2.24. The molecule has 6 heteroatoms. The number of carbonyl (C=O) groups is 1. The molecule has 1 atom stereocenters. The molecule has 1 aliphatic heterocycles. The number of piperidine rings is 1. The van der Waals surface area contributed by atoms with Crippen LogP contribution in [-0.4, -0.2) is 40.4 Å². The molecule has 24 heavy (non-hydrogen) atoms. The van der Waals surface area contributed by atoms with Gasteiger partial charge in [-0.2, -0.15) is 0 Å². The second-order valence-electron chi connectivity index (χ2n) is 6.17. The van der Waals surface area contributed by atoms with Crippen molar-refractivity contribution in [3.05, 3.63) is 47.7 Å². The molecule has 0 amide bonds. The number of nitrogens with zero attached hydrogens (tertiary/aromatic N) is 4. The third-order valence-electron chi connectivity index (χ3n) is 4.31. The van der Waals surface area contributed by atoms with E-state index in [9.17, 15) is 4.79 Å². The number of aromatic nitrogens is 3. The second-order valence-corrected chi connectivity index (χ2v) is 6.17. The molecule has 126 valence electrons. The number of hydrogen-bond donors (Lipinski definition) is 1. The summed E-state index contributed by atoms with van der Waals surface area (Å²) in [5.41, 5.74) is 7.14. The Morgan fingerprint density at radius 3 is 3.00 bits per heavy atom. The van der Waals surface area contributed by atoms with Gasteiger partial charge in [0.2, 0.25) is 0 Å². The van der Waals surface area contributed by atoms with Gasteiger partial charge in [0.1, 0.15) is 17.3 Å². The van der Waals surface area contributed by atoms with E-state index < -0.39 is 0 Å². The smallest absolute Gasteiger partial charge is 0.185 e. The molecule has 3 heterocycles. The van der Waals surface area contributed by atoms with E-state index in [2.05, 4.69) is 19.9 Å². The van der Waals surface area contributed by atoms with E-state index in [0.29, 0.717) is 18.8 Å². The lowest BCUT2D eigenvalue weighted by Gasteiger charge is -2.33. The van der Waals surface area contributed by atoms with Gasteiger partial charge in [-0.15, -0.1) is 0 Å². The van der Waals surface area contributed by atoms with Gasteiger partial charge in [-0.1, -0.05) is 6.07 Å². The minimum Gasteiger partial charge on any atom is -0.356 e. The van der Waals surface area contributed by atoms with Gasteiger partial charge in [0.25, 0.3) is 0 Å². The Kier molecular flexibility index (Phi) is 5.15. The van der Waals surface area contributed by atoms with Crippen LogP contribution >= 0.6 is 0 Å². The molecule has 3 rings (SSSR count). The Hall–Kier alpha value is -2.34. The van der Waals surface area contributed by atoms with Crippen molar-refractivity contribution >= 4 is 11.6 Å². The van der Waals surface area contributed by atoms with Crippen molar-refractivity contribution in [1.29, 1.82) is 0 Å². The van der Waals surface area contributed by atoms with Gasteiger partial charge in [-0.05, 0) is 38.4 Å². The van der Waals surface area contributed by atoms with Crippen molar-refractivity contribution in [2.45, 2.75) is 26.2 Å². The summed E-state index contributed by atoms with van der Waals surface area (Å²) < 4.78 is 0. The topological polar surface area (TPSA) is 85.0 Å². The number of ketones is 1. The number of hydrogen-bond acceptors (Lipinski definition) is 6. The van der Waals surface area contributed by atoms with Gasteiger partial charge < -0.3 is 10.6 Å². The number of rotatable bonds is 5.